The summed E-state index contributed by atoms with van der Waals surface area (Å²) in [5.74, 6) is -5.94. The van der Waals surface area contributed by atoms with Gasteiger partial charge in [0.05, 0.1) is 45.7 Å². The molecule has 0 aromatic carbocycles. The van der Waals surface area contributed by atoms with E-state index in [1.54, 1.807) is 0 Å². The Balaban J connectivity index is -0.00000977. The molecule has 5 heterocycles. The molecule has 0 saturated carbocycles. The monoisotopic (exact) mass is 2110 g/mol. The molecule has 71 heteroatoms. The molecule has 0 aromatic heterocycles. The summed E-state index contributed by atoms with van der Waals surface area (Å²) in [4.78, 5) is 41.9. The number of esters is 3. The summed E-state index contributed by atoms with van der Waals surface area (Å²) in [5, 5.41) is 81.2. The second kappa shape index (κ2) is 65.7. The molecule has 0 amide bonds. The number of nitrogens with one attached hydrogen (secondary N) is 3. The molecule has 5 rings (SSSR count). The third kappa shape index (κ3) is 51.7. The van der Waals surface area contributed by atoms with E-state index in [1.807, 2.05) is 20.8 Å². The van der Waals surface area contributed by atoms with Gasteiger partial charge in [-0.3, -0.25) is 20.9 Å². The Morgan fingerprint density at radius 2 is 0.620 bits per heavy atom. The SMILES string of the molecule is CCCCCCCCOC(=O)/C=C(\CO)OC1OC(COS(=O)(=O)[O-])C(OC2OC(C(=O)OCCCCCCCC)C(OC3OC(COS(=O)(=O)[O-])C(OC4OC(C(=O)OCCCCCCCC)C(OC5OC(COS(=O)(=O)[O-])C(O)C(O)C5NS(=O)(=O)[O-])C(O)C4OS(=O)(=O)[O-])C(O)C3NS(=O)(=O)[O-])C(O)C2OS(=O)(=O)[O-])C(O)C1NS(=O)(=O)[O-].[Na+].[Na+].[Na+].[Na+].[Na+].[Na+].[Na+].[Na+]. The number of unbranched alkanes of at least 4 members (excludes halogenated alkanes) is 15. The second-order valence-electron chi connectivity index (χ2n) is 27.3. The van der Waals surface area contributed by atoms with Crippen LogP contribution in [0.4, 0.5) is 0 Å². The van der Waals surface area contributed by atoms with E-state index in [-0.39, 0.29) is 269 Å². The number of carbonyl (C=O) groups is 3. The van der Waals surface area contributed by atoms with Crippen LogP contribution in [0.3, 0.4) is 0 Å². The average Bonchev–Trinajstić information content (AvgIpc) is 0.757. The van der Waals surface area contributed by atoms with E-state index >= 15 is 0 Å². The Morgan fingerprint density at radius 1 is 0.333 bits per heavy atom. The van der Waals surface area contributed by atoms with Crippen LogP contribution in [0.2, 0.25) is 0 Å². The molecule has 0 aromatic rings. The predicted octanol–water partition coefficient (Wildman–Crippen LogP) is -32.7. The van der Waals surface area contributed by atoms with Crippen LogP contribution in [-0.4, -0.2) is 357 Å². The van der Waals surface area contributed by atoms with Gasteiger partial charge in [-0.25, -0.2) is 95.9 Å². The van der Waals surface area contributed by atoms with Crippen LogP contribution in [0.15, 0.2) is 11.8 Å². The van der Waals surface area contributed by atoms with E-state index < -0.39 is 300 Å². The van der Waals surface area contributed by atoms with Crippen molar-refractivity contribution in [1.29, 1.82) is 0 Å². The minimum atomic E-state index is -6.51. The number of carbonyl (C=O) groups excluding carboxylic acids is 3. The molecule has 129 heavy (non-hydrogen) atoms. The van der Waals surface area contributed by atoms with Crippen molar-refractivity contribution in [1.82, 2.24) is 14.2 Å². The fraction of sp³-hybridized carbons (Fsp3) is 0.914. The summed E-state index contributed by atoms with van der Waals surface area (Å²) in [5.41, 5.74) is 0. The maximum Gasteiger partial charge on any atom is 1.00 e. The molecular formula is C58H95N3Na8O52S8. The first-order valence-corrected chi connectivity index (χ1v) is 47.7. The summed E-state index contributed by atoms with van der Waals surface area (Å²) in [6.45, 7) is -2.68. The molecule has 5 aliphatic heterocycles. The first kappa shape index (κ1) is 140. The fourth-order valence-corrected chi connectivity index (χ4v) is 16.2. The van der Waals surface area contributed by atoms with Gasteiger partial charge in [-0.2, -0.15) is 0 Å². The first-order valence-electron chi connectivity index (χ1n) is 36.8. The quantitative estimate of drug-likeness (QED) is 0.00395. The fourth-order valence-electron chi connectivity index (χ4n) is 12.6. The van der Waals surface area contributed by atoms with Crippen LogP contribution in [0.25, 0.3) is 0 Å². The number of rotatable bonds is 54. The molecule has 5 fully saturated rings. The van der Waals surface area contributed by atoms with Gasteiger partial charge in [0.15, 0.2) is 80.5 Å². The van der Waals surface area contributed by atoms with Crippen molar-refractivity contribution in [3.8, 4) is 0 Å². The summed E-state index contributed by atoms with van der Waals surface area (Å²) >= 11 is 0. The zero-order chi connectivity index (χ0) is 91.0. The molecule has 25 atom stereocenters. The van der Waals surface area contributed by atoms with E-state index in [9.17, 15) is 154 Å². The Hall–Kier alpha value is 4.27. The third-order valence-electron chi connectivity index (χ3n) is 18.1. The Morgan fingerprint density at radius 3 is 0.938 bits per heavy atom. The van der Waals surface area contributed by atoms with Crippen molar-refractivity contribution in [3.63, 3.8) is 0 Å². The molecule has 0 spiro atoms. The van der Waals surface area contributed by atoms with E-state index in [2.05, 4.69) is 20.9 Å². The maximum atomic E-state index is 14.6. The number of ether oxygens (including phenoxy) is 13. The van der Waals surface area contributed by atoms with Crippen LogP contribution < -0.4 is 251 Å². The Bertz CT molecular complexity index is 4290. The van der Waals surface area contributed by atoms with Gasteiger partial charge in [0.25, 0.3) is 0 Å². The van der Waals surface area contributed by atoms with Crippen LogP contribution in [0, 0.1) is 0 Å². The van der Waals surface area contributed by atoms with Gasteiger partial charge in [-0.15, -0.1) is 0 Å². The third-order valence-corrected chi connectivity index (χ3v) is 21.9. The average molecular weight is 2110 g/mol. The van der Waals surface area contributed by atoms with E-state index in [0.717, 1.165) is 49.7 Å². The Labute approximate surface area is 922 Å². The standard InChI is InChI=1S/C58H103N3O52S8.8Na/c1-4-7-10-13-16-19-22-96-34(63)25-30(26-62)102-54-36(60-115(75,76)77)40(66)44(32(104-54)28-100-118(84,85)86)106-57-49(113-121(93,94)95)43(69)47(51(111-57)53(71)98-24-21-18-15-12-9-6-3)109-56-37(61-116(78,79)80)41(67)45(33(105-56)29-101-119(87,88)89)107-58-48(112-120(90,91)92)42(68)46(50(110-58)52(70)97-23-20-17-14-11-8-5-2)108-55-35(59-114(72,73)74)39(65)38(64)31(103-55)27-99-117(81,82)83;;;;;;;;/h25,31-33,35-51,54-62,64-69H,4-24,26-29H2,1-3H3,(H,72,73,74)(H,75,76,77)(H,78,79,80)(H,81,82,83)(H,84,85,86)(H,87,88,89)(H,90,91,92)(H,93,94,95);;;;;;;;/q;8*+1/p-8/b30-25+;;;;;;;;. The van der Waals surface area contributed by atoms with Gasteiger partial charge in [-0.05, 0) is 19.3 Å². The summed E-state index contributed by atoms with van der Waals surface area (Å²) in [7, 11) is -49.2. The molecule has 10 N–H and O–H groups in total. The van der Waals surface area contributed by atoms with E-state index in [0.29, 0.717) is 51.0 Å². The van der Waals surface area contributed by atoms with Crippen LogP contribution in [0.1, 0.15) is 136 Å². The van der Waals surface area contributed by atoms with E-state index in [4.69, 9.17) is 61.6 Å². The normalized spacial score (nSPS) is 30.1. The smallest absolute Gasteiger partial charge is 0.735 e. The van der Waals surface area contributed by atoms with Crippen LogP contribution in [0.5, 0.6) is 0 Å². The van der Waals surface area contributed by atoms with Crippen LogP contribution >= 0.6 is 0 Å². The van der Waals surface area contributed by atoms with Gasteiger partial charge >= 0.3 is 254 Å². The molecule has 0 radical (unpaired) electrons. The number of hydrogen-bond acceptors (Lipinski definition) is 52. The second-order valence-corrected chi connectivity index (χ2v) is 35.9. The summed E-state index contributed by atoms with van der Waals surface area (Å²) in [6, 6.07) is -8.63. The summed E-state index contributed by atoms with van der Waals surface area (Å²) < 4.78 is 393. The number of hydrogen-bond donors (Lipinski definition) is 10. The summed E-state index contributed by atoms with van der Waals surface area (Å²) in [6.07, 6.45) is -55.6. The van der Waals surface area contributed by atoms with Gasteiger partial charge < -0.3 is 134 Å². The molecular weight excluding hydrogens is 2010 g/mol. The molecule has 5 saturated heterocycles. The minimum absolute atomic E-state index is 0. The van der Waals surface area contributed by atoms with Crippen LogP contribution in [-0.2, 0) is 180 Å². The van der Waals surface area contributed by atoms with Crippen molar-refractivity contribution in [2.24, 2.45) is 0 Å². The van der Waals surface area contributed by atoms with Gasteiger partial charge in [0.2, 0.25) is 58.3 Å². The number of aliphatic hydroxyl groups is 7. The maximum absolute atomic E-state index is 14.6. The Kier molecular flexibility index (Phi) is 71.1. The van der Waals surface area contributed by atoms with Gasteiger partial charge in [0, 0.05) is 0 Å². The van der Waals surface area contributed by atoms with Crippen molar-refractivity contribution >= 4 is 101 Å². The van der Waals surface area contributed by atoms with E-state index in [1.165, 1.54) is 9.44 Å². The largest absolute Gasteiger partial charge is 1.00 e. The topological polar surface area (TPSA) is 853 Å². The zero-order valence-electron chi connectivity index (χ0n) is 72.0. The van der Waals surface area contributed by atoms with Gasteiger partial charge in [-0.1, -0.05) is 117 Å². The van der Waals surface area contributed by atoms with Crippen molar-refractivity contribution in [3.05, 3.63) is 11.8 Å². The molecule has 0 aliphatic carbocycles. The van der Waals surface area contributed by atoms with Crippen molar-refractivity contribution < 1.29 is 473 Å². The number of aliphatic hydroxyl groups excluding tert-OH is 7. The molecule has 710 valence electrons. The minimum Gasteiger partial charge on any atom is -0.735 e. The molecule has 0 bridgehead atoms. The molecule has 5 aliphatic rings. The molecule has 55 nitrogen and oxygen atoms in total. The van der Waals surface area contributed by atoms with Crippen molar-refractivity contribution in [2.45, 2.75) is 290 Å². The van der Waals surface area contributed by atoms with Crippen molar-refractivity contribution in [2.75, 3.05) is 46.2 Å². The molecule has 25 unspecified atom stereocenters. The first-order chi connectivity index (χ1) is 56.1. The zero-order valence-corrected chi connectivity index (χ0v) is 94.5. The van der Waals surface area contributed by atoms with Gasteiger partial charge in [0.1, 0.15) is 110 Å². The predicted molar refractivity (Wildman–Crippen MR) is 374 cm³/mol.